The lowest BCUT2D eigenvalue weighted by Crippen LogP contribution is -2.47. The third kappa shape index (κ3) is 6.05. The number of aromatic nitrogens is 3. The van der Waals surface area contributed by atoms with Crippen LogP contribution < -0.4 is 10.6 Å². The van der Waals surface area contributed by atoms with Gasteiger partial charge in [0.2, 0.25) is 0 Å². The second-order valence-electron chi connectivity index (χ2n) is 8.78. The van der Waals surface area contributed by atoms with Crippen molar-refractivity contribution in [2.45, 2.75) is 79.0 Å². The Labute approximate surface area is 186 Å². The van der Waals surface area contributed by atoms with E-state index in [1.807, 2.05) is 0 Å². The summed E-state index contributed by atoms with van der Waals surface area (Å²) in [5, 5.41) is 15.6. The number of nitrogens with one attached hydrogen (secondary N) is 2. The van der Waals surface area contributed by atoms with Crippen molar-refractivity contribution < 1.29 is 4.74 Å². The lowest BCUT2D eigenvalue weighted by atomic mass is 9.78. The number of rotatable bonds is 5. The molecule has 2 N–H and O–H groups in total. The Kier molecular flexibility index (Phi) is 8.98. The number of fused-ring (bicyclic) bond motifs is 1. The van der Waals surface area contributed by atoms with Gasteiger partial charge >= 0.3 is 0 Å². The van der Waals surface area contributed by atoms with E-state index in [1.54, 1.807) is 0 Å². The van der Waals surface area contributed by atoms with E-state index in [9.17, 15) is 0 Å². The normalized spacial score (nSPS) is 22.9. The topological polar surface area (TPSA) is 76.4 Å². The molecule has 0 bridgehead atoms. The third-order valence-electron chi connectivity index (χ3n) is 5.49. The van der Waals surface area contributed by atoms with Crippen molar-refractivity contribution in [3.05, 3.63) is 11.6 Å². The fraction of sp³-hybridized carbons (Fsp3) is 0.850. The zero-order valence-electron chi connectivity index (χ0n) is 17.8. The van der Waals surface area contributed by atoms with Crippen LogP contribution in [0.5, 0.6) is 0 Å². The summed E-state index contributed by atoms with van der Waals surface area (Å²) in [6.45, 7) is 13.1. The van der Waals surface area contributed by atoms with Crippen molar-refractivity contribution in [3.8, 4) is 0 Å². The molecule has 2 aliphatic rings. The predicted molar refractivity (Wildman–Crippen MR) is 123 cm³/mol. The van der Waals surface area contributed by atoms with Gasteiger partial charge in [0.15, 0.2) is 11.8 Å². The Morgan fingerprint density at radius 1 is 1.21 bits per heavy atom. The van der Waals surface area contributed by atoms with Crippen LogP contribution in [0, 0.1) is 11.3 Å². The predicted octanol–water partition coefficient (Wildman–Crippen LogP) is 3.13. The SMILES string of the molecule is CCNC(=NCc1nnc2n1CCCC2)NCC1CCCOC1C(C)(C)C.I. The lowest BCUT2D eigenvalue weighted by Gasteiger charge is -2.40. The summed E-state index contributed by atoms with van der Waals surface area (Å²) in [5.74, 6) is 3.43. The van der Waals surface area contributed by atoms with Gasteiger partial charge in [-0.05, 0) is 38.0 Å². The van der Waals surface area contributed by atoms with Crippen molar-refractivity contribution in [3.63, 3.8) is 0 Å². The van der Waals surface area contributed by atoms with Crippen molar-refractivity contribution >= 4 is 29.9 Å². The Hall–Kier alpha value is -0.900. The molecule has 1 saturated heterocycles. The minimum absolute atomic E-state index is 0. The molecule has 160 valence electrons. The molecule has 0 aromatic carbocycles. The molecular weight excluding hydrogens is 467 g/mol. The van der Waals surface area contributed by atoms with Crippen molar-refractivity contribution in [2.75, 3.05) is 19.7 Å². The monoisotopic (exact) mass is 504 g/mol. The quantitative estimate of drug-likeness (QED) is 0.366. The van der Waals surface area contributed by atoms with Gasteiger partial charge in [0, 0.05) is 38.6 Å². The van der Waals surface area contributed by atoms with Gasteiger partial charge < -0.3 is 19.9 Å². The smallest absolute Gasteiger partial charge is 0.191 e. The molecule has 8 heteroatoms. The Balaban J connectivity index is 0.00000280. The molecule has 0 amide bonds. The van der Waals surface area contributed by atoms with Gasteiger partial charge in [-0.25, -0.2) is 4.99 Å². The first-order valence-corrected chi connectivity index (χ1v) is 10.5. The highest BCUT2D eigenvalue weighted by molar-refractivity contribution is 14.0. The molecule has 1 aromatic rings. The zero-order chi connectivity index (χ0) is 19.3. The summed E-state index contributed by atoms with van der Waals surface area (Å²) < 4.78 is 8.34. The van der Waals surface area contributed by atoms with E-state index in [0.717, 1.165) is 56.7 Å². The van der Waals surface area contributed by atoms with E-state index in [4.69, 9.17) is 9.73 Å². The molecule has 3 rings (SSSR count). The summed E-state index contributed by atoms with van der Waals surface area (Å²) in [5.41, 5.74) is 0.156. The molecule has 2 atom stereocenters. The van der Waals surface area contributed by atoms with Crippen LogP contribution >= 0.6 is 24.0 Å². The van der Waals surface area contributed by atoms with Crippen molar-refractivity contribution in [2.24, 2.45) is 16.3 Å². The maximum Gasteiger partial charge on any atom is 0.191 e. The second-order valence-corrected chi connectivity index (χ2v) is 8.78. The Morgan fingerprint density at radius 2 is 2.04 bits per heavy atom. The molecule has 0 spiro atoms. The summed E-state index contributed by atoms with van der Waals surface area (Å²) >= 11 is 0. The first-order chi connectivity index (χ1) is 13.0. The summed E-state index contributed by atoms with van der Waals surface area (Å²) in [6, 6.07) is 0. The second kappa shape index (κ2) is 10.8. The van der Waals surface area contributed by atoms with Crippen molar-refractivity contribution in [1.82, 2.24) is 25.4 Å². The number of aliphatic imine (C=N–C) groups is 1. The highest BCUT2D eigenvalue weighted by Gasteiger charge is 2.35. The Morgan fingerprint density at radius 3 is 2.79 bits per heavy atom. The molecule has 28 heavy (non-hydrogen) atoms. The van der Waals surface area contributed by atoms with E-state index in [2.05, 4.69) is 53.1 Å². The van der Waals surface area contributed by atoms with Crippen LogP contribution in [0.3, 0.4) is 0 Å². The van der Waals surface area contributed by atoms with Crippen LogP contribution in [0.2, 0.25) is 0 Å². The molecule has 2 unspecified atom stereocenters. The summed E-state index contributed by atoms with van der Waals surface area (Å²) in [4.78, 5) is 4.77. The molecule has 0 saturated carbocycles. The molecule has 2 aliphatic heterocycles. The van der Waals surface area contributed by atoms with Gasteiger partial charge in [-0.1, -0.05) is 20.8 Å². The number of hydrogen-bond acceptors (Lipinski definition) is 4. The average molecular weight is 504 g/mol. The fourth-order valence-corrected chi connectivity index (χ4v) is 4.21. The number of guanidine groups is 1. The standard InChI is InChI=1S/C20H36N6O.HI/c1-5-21-19(22-13-15-9-8-12-27-18(15)20(2,3)4)23-14-17-25-24-16-10-6-7-11-26(16)17;/h15,18H,5-14H2,1-4H3,(H2,21,22,23);1H. The summed E-state index contributed by atoms with van der Waals surface area (Å²) in [6.07, 6.45) is 6.07. The van der Waals surface area contributed by atoms with Gasteiger partial charge in [0.1, 0.15) is 12.4 Å². The first kappa shape index (κ1) is 23.4. The number of nitrogens with zero attached hydrogens (tertiary/aromatic N) is 4. The highest BCUT2D eigenvalue weighted by atomic mass is 127. The van der Waals surface area contributed by atoms with Crippen molar-refractivity contribution in [1.29, 1.82) is 0 Å². The maximum atomic E-state index is 6.11. The molecule has 7 nitrogen and oxygen atoms in total. The van der Waals surface area contributed by atoms with Crippen LogP contribution in [0.4, 0.5) is 0 Å². The molecule has 3 heterocycles. The van der Waals surface area contributed by atoms with E-state index in [-0.39, 0.29) is 35.5 Å². The van der Waals surface area contributed by atoms with Gasteiger partial charge in [0.25, 0.3) is 0 Å². The molecule has 1 aromatic heterocycles. The van der Waals surface area contributed by atoms with Gasteiger partial charge in [0.05, 0.1) is 6.10 Å². The molecule has 0 aliphatic carbocycles. The van der Waals surface area contributed by atoms with E-state index < -0.39 is 0 Å². The van der Waals surface area contributed by atoms with E-state index >= 15 is 0 Å². The van der Waals surface area contributed by atoms with Crippen LogP contribution in [-0.4, -0.2) is 46.5 Å². The van der Waals surface area contributed by atoms with Gasteiger partial charge in [-0.2, -0.15) is 0 Å². The van der Waals surface area contributed by atoms with Crippen LogP contribution in [0.1, 0.15) is 65.0 Å². The molecular formula is C20H37IN6O. The highest BCUT2D eigenvalue weighted by Crippen LogP contribution is 2.33. The summed E-state index contributed by atoms with van der Waals surface area (Å²) in [7, 11) is 0. The average Bonchev–Trinajstić information content (AvgIpc) is 3.07. The minimum Gasteiger partial charge on any atom is -0.377 e. The Bertz CT molecular complexity index is 639. The molecule has 0 radical (unpaired) electrons. The minimum atomic E-state index is 0. The van der Waals surface area contributed by atoms with Gasteiger partial charge in [-0.15, -0.1) is 34.2 Å². The van der Waals surface area contributed by atoms with Crippen LogP contribution in [-0.2, 0) is 24.2 Å². The lowest BCUT2D eigenvalue weighted by molar-refractivity contribution is -0.0835. The number of halogens is 1. The van der Waals surface area contributed by atoms with Gasteiger partial charge in [-0.3, -0.25) is 0 Å². The first-order valence-electron chi connectivity index (χ1n) is 10.5. The number of hydrogen-bond donors (Lipinski definition) is 2. The van der Waals surface area contributed by atoms with Crippen LogP contribution in [0.25, 0.3) is 0 Å². The maximum absolute atomic E-state index is 6.11. The fourth-order valence-electron chi connectivity index (χ4n) is 4.21. The van der Waals surface area contributed by atoms with E-state index in [1.165, 1.54) is 19.3 Å². The largest absolute Gasteiger partial charge is 0.377 e. The third-order valence-corrected chi connectivity index (χ3v) is 5.49. The molecule has 1 fully saturated rings. The number of aryl methyl sites for hydroxylation is 1. The number of ether oxygens (including phenoxy) is 1. The zero-order valence-corrected chi connectivity index (χ0v) is 20.2. The van der Waals surface area contributed by atoms with E-state index in [0.29, 0.717) is 12.5 Å². The van der Waals surface area contributed by atoms with Crippen LogP contribution in [0.15, 0.2) is 4.99 Å².